The summed E-state index contributed by atoms with van der Waals surface area (Å²) < 4.78 is 0. The minimum Gasteiger partial charge on any atom is -0.311 e. The van der Waals surface area contributed by atoms with E-state index in [0.717, 1.165) is 37.3 Å². The van der Waals surface area contributed by atoms with E-state index in [0.29, 0.717) is 18.1 Å². The predicted molar refractivity (Wildman–Crippen MR) is 90.4 cm³/mol. The fraction of sp³-hybridized carbons (Fsp3) is 0.529. The fourth-order valence-corrected chi connectivity index (χ4v) is 3.54. The molecule has 0 radical (unpaired) electrons. The highest BCUT2D eigenvalue weighted by molar-refractivity contribution is 5.91. The molecule has 1 amide bonds. The summed E-state index contributed by atoms with van der Waals surface area (Å²) in [4.78, 5) is 23.5. The third-order valence-electron chi connectivity index (χ3n) is 4.98. The number of amides is 1. The molecule has 2 aromatic rings. The molecule has 2 fully saturated rings. The molecule has 7 nitrogen and oxygen atoms in total. The average Bonchev–Trinajstić information content (AvgIpc) is 3.00. The number of likely N-dealkylation sites (tertiary alicyclic amines) is 1. The highest BCUT2D eigenvalue weighted by Gasteiger charge is 2.49. The van der Waals surface area contributed by atoms with Gasteiger partial charge in [-0.25, -0.2) is 9.97 Å². The Morgan fingerprint density at radius 3 is 2.83 bits per heavy atom. The topological polar surface area (TPSA) is 86.8 Å². The van der Waals surface area contributed by atoms with Gasteiger partial charge in [0.1, 0.15) is 11.6 Å². The van der Waals surface area contributed by atoms with Crippen molar-refractivity contribution in [2.24, 2.45) is 0 Å². The van der Waals surface area contributed by atoms with Crippen LogP contribution in [0.15, 0.2) is 18.3 Å². The smallest absolute Gasteiger partial charge is 0.227 e. The Kier molecular flexibility index (Phi) is 3.80. The average molecular weight is 326 g/mol. The van der Waals surface area contributed by atoms with Crippen molar-refractivity contribution in [1.29, 1.82) is 0 Å². The van der Waals surface area contributed by atoms with Crippen molar-refractivity contribution in [3.63, 3.8) is 0 Å². The van der Waals surface area contributed by atoms with Crippen LogP contribution < -0.4 is 5.32 Å². The first-order valence-electron chi connectivity index (χ1n) is 8.55. The molecule has 2 N–H and O–H groups in total. The lowest BCUT2D eigenvalue weighted by Crippen LogP contribution is -2.38. The largest absolute Gasteiger partial charge is 0.311 e. The van der Waals surface area contributed by atoms with Crippen LogP contribution in [0.4, 0.5) is 5.82 Å². The van der Waals surface area contributed by atoms with E-state index in [4.69, 9.17) is 0 Å². The van der Waals surface area contributed by atoms with E-state index in [2.05, 4.69) is 30.4 Å². The number of anilines is 1. The molecular weight excluding hydrogens is 304 g/mol. The van der Waals surface area contributed by atoms with E-state index in [9.17, 15) is 4.79 Å². The first-order valence-corrected chi connectivity index (χ1v) is 8.55. The first kappa shape index (κ1) is 15.3. The van der Waals surface area contributed by atoms with Gasteiger partial charge in [-0.15, -0.1) is 0 Å². The molecular formula is C17H22N6O. The second-order valence-corrected chi connectivity index (χ2v) is 6.82. The number of aryl methyl sites for hydroxylation is 1. The Morgan fingerprint density at radius 1 is 1.38 bits per heavy atom. The first-order chi connectivity index (χ1) is 11.6. The summed E-state index contributed by atoms with van der Waals surface area (Å²) in [6, 6.07) is 3.65. The van der Waals surface area contributed by atoms with E-state index in [-0.39, 0.29) is 11.4 Å². The van der Waals surface area contributed by atoms with Gasteiger partial charge in [0, 0.05) is 23.7 Å². The van der Waals surface area contributed by atoms with Crippen molar-refractivity contribution in [3.05, 3.63) is 24.2 Å². The Labute approximate surface area is 140 Å². The lowest BCUT2D eigenvalue weighted by Gasteiger charge is -2.26. The van der Waals surface area contributed by atoms with Crippen LogP contribution in [-0.2, 0) is 4.79 Å². The Balaban J connectivity index is 1.42. The zero-order chi connectivity index (χ0) is 16.6. The molecule has 0 spiro atoms. The van der Waals surface area contributed by atoms with Crippen LogP contribution in [0.2, 0.25) is 0 Å². The predicted octanol–water partition coefficient (Wildman–Crippen LogP) is 2.13. The van der Waals surface area contributed by atoms with E-state index in [1.165, 1.54) is 12.8 Å². The van der Waals surface area contributed by atoms with E-state index < -0.39 is 0 Å². The van der Waals surface area contributed by atoms with Crippen LogP contribution in [0.25, 0.3) is 11.4 Å². The zero-order valence-electron chi connectivity index (χ0n) is 13.9. The number of nitrogens with zero attached hydrogens (tertiary/aromatic N) is 4. The third kappa shape index (κ3) is 3.03. The highest BCUT2D eigenvalue weighted by Crippen LogP contribution is 2.46. The minimum atomic E-state index is 0.0372. The molecule has 0 atom stereocenters. The molecule has 3 heterocycles. The van der Waals surface area contributed by atoms with Gasteiger partial charge in [0.2, 0.25) is 5.91 Å². The number of H-pyrrole nitrogens is 1. The van der Waals surface area contributed by atoms with Crippen molar-refractivity contribution < 1.29 is 4.79 Å². The standard InChI is InChI=1S/C17H22N6O/c1-12-19-16(22-21-12)13-4-7-18-14(10-13)20-15(24)11-17(5-6-17)23-8-2-3-9-23/h4,7,10H,2-3,5-6,8-9,11H2,1H3,(H,18,20,24)(H,19,21,22). The molecule has 2 aliphatic rings. The quantitative estimate of drug-likeness (QED) is 0.879. The van der Waals surface area contributed by atoms with Crippen molar-refractivity contribution in [1.82, 2.24) is 25.1 Å². The molecule has 1 saturated carbocycles. The van der Waals surface area contributed by atoms with Crippen molar-refractivity contribution in [3.8, 4) is 11.4 Å². The van der Waals surface area contributed by atoms with Crippen LogP contribution in [0, 0.1) is 6.92 Å². The van der Waals surface area contributed by atoms with Crippen molar-refractivity contribution in [2.45, 2.75) is 44.6 Å². The third-order valence-corrected chi connectivity index (χ3v) is 4.98. The summed E-state index contributed by atoms with van der Waals surface area (Å²) in [5.74, 6) is 1.96. The number of hydrogen-bond acceptors (Lipinski definition) is 5. The Morgan fingerprint density at radius 2 is 2.17 bits per heavy atom. The van der Waals surface area contributed by atoms with Crippen LogP contribution >= 0.6 is 0 Å². The lowest BCUT2D eigenvalue weighted by molar-refractivity contribution is -0.117. The van der Waals surface area contributed by atoms with Gasteiger partial charge in [-0.3, -0.25) is 14.8 Å². The van der Waals surface area contributed by atoms with Crippen molar-refractivity contribution in [2.75, 3.05) is 18.4 Å². The molecule has 1 aliphatic heterocycles. The molecule has 24 heavy (non-hydrogen) atoms. The molecule has 7 heteroatoms. The number of aromatic nitrogens is 4. The number of hydrogen-bond donors (Lipinski definition) is 2. The highest BCUT2D eigenvalue weighted by atomic mass is 16.1. The van der Waals surface area contributed by atoms with Crippen LogP contribution in [0.3, 0.4) is 0 Å². The summed E-state index contributed by atoms with van der Waals surface area (Å²) in [5.41, 5.74) is 0.948. The summed E-state index contributed by atoms with van der Waals surface area (Å²) in [6.45, 7) is 4.12. The maximum absolute atomic E-state index is 12.5. The summed E-state index contributed by atoms with van der Waals surface area (Å²) in [7, 11) is 0. The molecule has 2 aromatic heterocycles. The van der Waals surface area contributed by atoms with Gasteiger partial charge in [0.05, 0.1) is 0 Å². The zero-order valence-corrected chi connectivity index (χ0v) is 13.9. The van der Waals surface area contributed by atoms with Gasteiger partial charge >= 0.3 is 0 Å². The molecule has 0 aromatic carbocycles. The monoisotopic (exact) mass is 326 g/mol. The van der Waals surface area contributed by atoms with Crippen molar-refractivity contribution >= 4 is 11.7 Å². The van der Waals surface area contributed by atoms with E-state index in [1.54, 1.807) is 6.20 Å². The van der Waals surface area contributed by atoms with Gasteiger partial charge < -0.3 is 5.32 Å². The molecule has 0 bridgehead atoms. The second kappa shape index (κ2) is 5.98. The van der Waals surface area contributed by atoms with Gasteiger partial charge in [-0.1, -0.05) is 0 Å². The van der Waals surface area contributed by atoms with E-state index in [1.807, 2.05) is 19.1 Å². The fourth-order valence-electron chi connectivity index (χ4n) is 3.54. The minimum absolute atomic E-state index is 0.0372. The summed E-state index contributed by atoms with van der Waals surface area (Å²) in [6.07, 6.45) is 6.99. The summed E-state index contributed by atoms with van der Waals surface area (Å²) in [5, 5.41) is 9.90. The Bertz CT molecular complexity index is 745. The Hall–Kier alpha value is -2.28. The van der Waals surface area contributed by atoms with Gasteiger partial charge in [0.25, 0.3) is 0 Å². The molecule has 4 rings (SSSR count). The molecule has 126 valence electrons. The van der Waals surface area contributed by atoms with E-state index >= 15 is 0 Å². The molecule has 0 unspecified atom stereocenters. The maximum Gasteiger partial charge on any atom is 0.227 e. The number of nitrogens with one attached hydrogen (secondary N) is 2. The van der Waals surface area contributed by atoms with Gasteiger partial charge in [-0.2, -0.15) is 5.10 Å². The number of carbonyl (C=O) groups excluding carboxylic acids is 1. The maximum atomic E-state index is 12.5. The van der Waals surface area contributed by atoms with Gasteiger partial charge in [-0.05, 0) is 57.8 Å². The number of pyridine rings is 1. The van der Waals surface area contributed by atoms with Gasteiger partial charge in [0.15, 0.2) is 5.82 Å². The SMILES string of the molecule is Cc1nc(-c2ccnc(NC(=O)CC3(N4CCCC4)CC3)c2)n[nH]1. The molecule has 1 saturated heterocycles. The number of rotatable bonds is 5. The van der Waals surface area contributed by atoms with Crippen LogP contribution in [-0.4, -0.2) is 49.6 Å². The molecule has 1 aliphatic carbocycles. The number of aromatic amines is 1. The van der Waals surface area contributed by atoms with Crippen LogP contribution in [0.1, 0.15) is 37.9 Å². The second-order valence-electron chi connectivity index (χ2n) is 6.82. The normalized spacial score (nSPS) is 19.4. The number of carbonyl (C=O) groups is 1. The summed E-state index contributed by atoms with van der Waals surface area (Å²) >= 11 is 0. The van der Waals surface area contributed by atoms with Crippen LogP contribution in [0.5, 0.6) is 0 Å². The lowest BCUT2D eigenvalue weighted by atomic mass is 10.1.